The van der Waals surface area contributed by atoms with Crippen molar-refractivity contribution in [3.8, 4) is 0 Å². The van der Waals surface area contributed by atoms with Gasteiger partial charge in [0.15, 0.2) is 0 Å². The number of likely N-dealkylation sites (N-methyl/N-ethyl adjacent to an activating group) is 1. The molecule has 0 bridgehead atoms. The highest BCUT2D eigenvalue weighted by atomic mass is 35.5. The van der Waals surface area contributed by atoms with Gasteiger partial charge in [-0.05, 0) is 37.6 Å². The molecule has 0 spiro atoms. The van der Waals surface area contributed by atoms with Crippen LogP contribution in [0.4, 0.5) is 0 Å². The standard InChI is InChI=1S/C17H19ClN2O2S/c1-3-20(11-13-8-9-15(18)23-13)16(21)10-19-17(22)14-7-5-4-6-12(14)2/h4-9H,3,10-11H2,1-2H3,(H,19,22). The van der Waals surface area contributed by atoms with E-state index in [-0.39, 0.29) is 18.4 Å². The van der Waals surface area contributed by atoms with Gasteiger partial charge in [0.1, 0.15) is 0 Å². The largest absolute Gasteiger partial charge is 0.343 e. The highest BCUT2D eigenvalue weighted by Gasteiger charge is 2.15. The van der Waals surface area contributed by atoms with E-state index in [4.69, 9.17) is 11.6 Å². The van der Waals surface area contributed by atoms with Gasteiger partial charge in [0, 0.05) is 17.0 Å². The maximum atomic E-state index is 12.3. The van der Waals surface area contributed by atoms with Crippen LogP contribution in [0, 0.1) is 6.92 Å². The van der Waals surface area contributed by atoms with E-state index in [1.54, 1.807) is 11.0 Å². The molecular weight excluding hydrogens is 332 g/mol. The zero-order valence-electron chi connectivity index (χ0n) is 13.1. The number of amides is 2. The van der Waals surface area contributed by atoms with Crippen LogP contribution in [-0.2, 0) is 11.3 Å². The molecule has 23 heavy (non-hydrogen) atoms. The Kier molecular flexibility index (Phi) is 6.19. The van der Waals surface area contributed by atoms with Crippen molar-refractivity contribution < 1.29 is 9.59 Å². The average molecular weight is 351 g/mol. The van der Waals surface area contributed by atoms with Crippen LogP contribution in [0.25, 0.3) is 0 Å². The Hall–Kier alpha value is -1.85. The molecule has 0 fully saturated rings. The van der Waals surface area contributed by atoms with Crippen LogP contribution in [-0.4, -0.2) is 29.8 Å². The molecule has 1 aromatic heterocycles. The molecule has 1 aromatic carbocycles. The van der Waals surface area contributed by atoms with Gasteiger partial charge >= 0.3 is 0 Å². The zero-order valence-corrected chi connectivity index (χ0v) is 14.7. The molecule has 122 valence electrons. The van der Waals surface area contributed by atoms with E-state index in [9.17, 15) is 9.59 Å². The van der Waals surface area contributed by atoms with Gasteiger partial charge in [-0.15, -0.1) is 11.3 Å². The summed E-state index contributed by atoms with van der Waals surface area (Å²) >= 11 is 7.37. The number of nitrogens with zero attached hydrogens (tertiary/aromatic N) is 1. The van der Waals surface area contributed by atoms with Gasteiger partial charge in [-0.2, -0.15) is 0 Å². The third-order valence-corrected chi connectivity index (χ3v) is 4.72. The van der Waals surface area contributed by atoms with Crippen LogP contribution in [0.1, 0.15) is 27.7 Å². The molecule has 0 aliphatic rings. The lowest BCUT2D eigenvalue weighted by molar-refractivity contribution is -0.130. The van der Waals surface area contributed by atoms with Crippen molar-refractivity contribution >= 4 is 34.8 Å². The van der Waals surface area contributed by atoms with Gasteiger partial charge in [-0.3, -0.25) is 9.59 Å². The Morgan fingerprint density at radius 1 is 1.22 bits per heavy atom. The molecule has 0 saturated carbocycles. The topological polar surface area (TPSA) is 49.4 Å². The van der Waals surface area contributed by atoms with Crippen molar-refractivity contribution in [3.05, 3.63) is 56.7 Å². The van der Waals surface area contributed by atoms with Crippen molar-refractivity contribution in [2.45, 2.75) is 20.4 Å². The lowest BCUT2D eigenvalue weighted by Gasteiger charge is -2.20. The Labute approximate surface area is 145 Å². The van der Waals surface area contributed by atoms with Gasteiger partial charge in [-0.1, -0.05) is 29.8 Å². The molecular formula is C17H19ClN2O2S. The number of benzene rings is 1. The predicted molar refractivity (Wildman–Crippen MR) is 93.9 cm³/mol. The number of carbonyl (C=O) groups excluding carboxylic acids is 2. The normalized spacial score (nSPS) is 10.4. The molecule has 0 radical (unpaired) electrons. The maximum Gasteiger partial charge on any atom is 0.251 e. The molecule has 0 aliphatic heterocycles. The first kappa shape index (κ1) is 17.5. The molecule has 2 rings (SSSR count). The summed E-state index contributed by atoms with van der Waals surface area (Å²) < 4.78 is 0.705. The first-order valence-electron chi connectivity index (χ1n) is 7.37. The highest BCUT2D eigenvalue weighted by molar-refractivity contribution is 7.16. The van der Waals surface area contributed by atoms with Crippen molar-refractivity contribution in [3.63, 3.8) is 0 Å². The lowest BCUT2D eigenvalue weighted by atomic mass is 10.1. The van der Waals surface area contributed by atoms with E-state index in [2.05, 4.69) is 5.32 Å². The number of aryl methyl sites for hydroxylation is 1. The summed E-state index contributed by atoms with van der Waals surface area (Å²) in [6, 6.07) is 11.0. The molecule has 1 heterocycles. The second kappa shape index (κ2) is 8.13. The van der Waals surface area contributed by atoms with Crippen LogP contribution in [0.5, 0.6) is 0 Å². The van der Waals surface area contributed by atoms with E-state index < -0.39 is 0 Å². The molecule has 6 heteroatoms. The van der Waals surface area contributed by atoms with E-state index in [1.807, 2.05) is 44.2 Å². The van der Waals surface area contributed by atoms with Crippen LogP contribution in [0.3, 0.4) is 0 Å². The Balaban J connectivity index is 1.92. The zero-order chi connectivity index (χ0) is 16.8. The minimum Gasteiger partial charge on any atom is -0.343 e. The Morgan fingerprint density at radius 2 is 1.96 bits per heavy atom. The summed E-state index contributed by atoms with van der Waals surface area (Å²) in [6.07, 6.45) is 0. The minimum atomic E-state index is -0.230. The number of hydrogen-bond donors (Lipinski definition) is 1. The predicted octanol–water partition coefficient (Wildman–Crippen LogP) is 3.49. The fourth-order valence-electron chi connectivity index (χ4n) is 2.19. The summed E-state index contributed by atoms with van der Waals surface area (Å²) in [5, 5.41) is 2.69. The fraction of sp³-hybridized carbons (Fsp3) is 0.294. The fourth-order valence-corrected chi connectivity index (χ4v) is 3.30. The minimum absolute atomic E-state index is 0.0138. The molecule has 2 amide bonds. The van der Waals surface area contributed by atoms with E-state index in [1.165, 1.54) is 11.3 Å². The number of rotatable bonds is 6. The lowest BCUT2D eigenvalue weighted by Crippen LogP contribution is -2.39. The van der Waals surface area contributed by atoms with Gasteiger partial charge < -0.3 is 10.2 Å². The number of halogens is 1. The quantitative estimate of drug-likeness (QED) is 0.867. The Bertz CT molecular complexity index is 699. The Morgan fingerprint density at radius 3 is 2.57 bits per heavy atom. The van der Waals surface area contributed by atoms with E-state index in [0.29, 0.717) is 23.0 Å². The molecule has 2 aromatic rings. The summed E-state index contributed by atoms with van der Waals surface area (Å²) in [7, 11) is 0. The molecule has 0 unspecified atom stereocenters. The van der Waals surface area contributed by atoms with Gasteiger partial charge in [0.05, 0.1) is 17.4 Å². The van der Waals surface area contributed by atoms with Crippen molar-refractivity contribution in [2.24, 2.45) is 0 Å². The van der Waals surface area contributed by atoms with Gasteiger partial charge in [0.2, 0.25) is 5.91 Å². The van der Waals surface area contributed by atoms with Crippen LogP contribution in [0.2, 0.25) is 4.34 Å². The summed E-state index contributed by atoms with van der Waals surface area (Å²) in [5.41, 5.74) is 1.48. The summed E-state index contributed by atoms with van der Waals surface area (Å²) in [4.78, 5) is 27.2. The summed E-state index contributed by atoms with van der Waals surface area (Å²) in [5.74, 6) is -0.342. The third-order valence-electron chi connectivity index (χ3n) is 3.50. The number of carbonyl (C=O) groups is 2. The first-order valence-corrected chi connectivity index (χ1v) is 8.56. The number of nitrogens with one attached hydrogen (secondary N) is 1. The van der Waals surface area contributed by atoms with Gasteiger partial charge in [0.25, 0.3) is 5.91 Å². The van der Waals surface area contributed by atoms with E-state index >= 15 is 0 Å². The second-order valence-corrected chi connectivity index (χ2v) is 6.91. The SMILES string of the molecule is CCN(Cc1ccc(Cl)s1)C(=O)CNC(=O)c1ccccc1C. The maximum absolute atomic E-state index is 12.3. The smallest absolute Gasteiger partial charge is 0.251 e. The first-order chi connectivity index (χ1) is 11.0. The second-order valence-electron chi connectivity index (χ2n) is 5.11. The van der Waals surface area contributed by atoms with Crippen molar-refractivity contribution in [2.75, 3.05) is 13.1 Å². The molecule has 0 aliphatic carbocycles. The van der Waals surface area contributed by atoms with Crippen LogP contribution in [0.15, 0.2) is 36.4 Å². The van der Waals surface area contributed by atoms with Crippen LogP contribution >= 0.6 is 22.9 Å². The van der Waals surface area contributed by atoms with Crippen molar-refractivity contribution in [1.82, 2.24) is 10.2 Å². The molecule has 0 saturated heterocycles. The van der Waals surface area contributed by atoms with E-state index in [0.717, 1.165) is 10.4 Å². The highest BCUT2D eigenvalue weighted by Crippen LogP contribution is 2.22. The van der Waals surface area contributed by atoms with Gasteiger partial charge in [-0.25, -0.2) is 0 Å². The number of thiophene rings is 1. The molecule has 0 atom stereocenters. The van der Waals surface area contributed by atoms with Crippen LogP contribution < -0.4 is 5.32 Å². The number of hydrogen-bond acceptors (Lipinski definition) is 3. The average Bonchev–Trinajstić information content (AvgIpc) is 2.95. The molecule has 1 N–H and O–H groups in total. The molecule has 4 nitrogen and oxygen atoms in total. The third kappa shape index (κ3) is 4.81. The van der Waals surface area contributed by atoms with Crippen molar-refractivity contribution in [1.29, 1.82) is 0 Å². The monoisotopic (exact) mass is 350 g/mol. The summed E-state index contributed by atoms with van der Waals surface area (Å²) in [6.45, 7) is 4.85.